The van der Waals surface area contributed by atoms with Crippen LogP contribution >= 0.6 is 0 Å². The normalized spacial score (nSPS) is 12.3. The minimum Gasteiger partial charge on any atom is -0.384 e. The van der Waals surface area contributed by atoms with Crippen molar-refractivity contribution in [2.45, 2.75) is 12.5 Å². The van der Waals surface area contributed by atoms with Gasteiger partial charge in [-0.2, -0.15) is 5.26 Å². The lowest BCUT2D eigenvalue weighted by Gasteiger charge is -2.24. The lowest BCUT2D eigenvalue weighted by molar-refractivity contribution is -0.136. The fourth-order valence-electron chi connectivity index (χ4n) is 2.96. The van der Waals surface area contributed by atoms with Gasteiger partial charge in [0.25, 0.3) is 0 Å². The van der Waals surface area contributed by atoms with Crippen LogP contribution in [0.1, 0.15) is 18.1 Å². The SMILES string of the molecule is C[C@@](O)(CNC(=O)C(=O)Nc1ccccc1C#N)c1ccc(-c2ccccc2)cc1. The summed E-state index contributed by atoms with van der Waals surface area (Å²) < 4.78 is 0. The Kier molecular flexibility index (Phi) is 6.26. The molecule has 6 nitrogen and oxygen atoms in total. The van der Waals surface area contributed by atoms with Crippen LogP contribution in [-0.4, -0.2) is 23.5 Å². The van der Waals surface area contributed by atoms with E-state index in [0.29, 0.717) is 5.56 Å². The lowest BCUT2D eigenvalue weighted by Crippen LogP contribution is -2.43. The third kappa shape index (κ3) is 4.90. The number of hydrogen-bond acceptors (Lipinski definition) is 4. The summed E-state index contributed by atoms with van der Waals surface area (Å²) in [4.78, 5) is 24.3. The lowest BCUT2D eigenvalue weighted by atomic mass is 9.93. The van der Waals surface area contributed by atoms with Gasteiger partial charge in [-0.15, -0.1) is 0 Å². The van der Waals surface area contributed by atoms with Crippen LogP contribution in [0.25, 0.3) is 11.1 Å². The van der Waals surface area contributed by atoms with E-state index in [1.54, 1.807) is 31.2 Å². The highest BCUT2D eigenvalue weighted by Gasteiger charge is 2.25. The van der Waals surface area contributed by atoms with Gasteiger partial charge in [0.15, 0.2) is 0 Å². The number of nitriles is 1. The number of rotatable bonds is 5. The predicted molar refractivity (Wildman–Crippen MR) is 114 cm³/mol. The van der Waals surface area contributed by atoms with Crippen molar-refractivity contribution in [2.24, 2.45) is 0 Å². The number of nitrogens with one attached hydrogen (secondary N) is 2. The van der Waals surface area contributed by atoms with E-state index in [0.717, 1.165) is 11.1 Å². The summed E-state index contributed by atoms with van der Waals surface area (Å²) in [6.07, 6.45) is 0. The zero-order valence-electron chi connectivity index (χ0n) is 16.4. The first-order valence-corrected chi connectivity index (χ1v) is 9.37. The summed E-state index contributed by atoms with van der Waals surface area (Å²) >= 11 is 0. The number of anilines is 1. The van der Waals surface area contributed by atoms with Crippen molar-refractivity contribution in [1.82, 2.24) is 5.32 Å². The van der Waals surface area contributed by atoms with Crippen LogP contribution in [-0.2, 0) is 15.2 Å². The van der Waals surface area contributed by atoms with Gasteiger partial charge in [0.1, 0.15) is 11.7 Å². The number of benzene rings is 3. The van der Waals surface area contributed by atoms with Crippen molar-refractivity contribution in [1.29, 1.82) is 5.26 Å². The molecule has 2 amide bonds. The van der Waals surface area contributed by atoms with Crippen molar-refractivity contribution in [3.8, 4) is 17.2 Å². The highest BCUT2D eigenvalue weighted by molar-refractivity contribution is 6.39. The van der Waals surface area contributed by atoms with Crippen LogP contribution in [0.5, 0.6) is 0 Å². The van der Waals surface area contributed by atoms with Gasteiger partial charge in [0.2, 0.25) is 0 Å². The molecule has 3 aromatic rings. The molecule has 0 aromatic heterocycles. The summed E-state index contributed by atoms with van der Waals surface area (Å²) in [5.74, 6) is -1.81. The number of carbonyl (C=O) groups is 2. The summed E-state index contributed by atoms with van der Waals surface area (Å²) in [5, 5.41) is 24.7. The maximum absolute atomic E-state index is 12.1. The molecule has 0 aliphatic heterocycles. The Hall–Kier alpha value is -3.95. The molecule has 30 heavy (non-hydrogen) atoms. The van der Waals surface area contributed by atoms with Crippen molar-refractivity contribution in [3.05, 3.63) is 90.0 Å². The molecule has 150 valence electrons. The Labute approximate surface area is 174 Å². The van der Waals surface area contributed by atoms with E-state index in [1.165, 1.54) is 12.1 Å². The molecular weight excluding hydrogens is 378 g/mol. The predicted octanol–water partition coefficient (Wildman–Crippen LogP) is 3.19. The third-order valence-corrected chi connectivity index (χ3v) is 4.71. The van der Waals surface area contributed by atoms with E-state index in [1.807, 2.05) is 48.5 Å². The number of hydrogen-bond donors (Lipinski definition) is 3. The Morgan fingerprint density at radius 2 is 1.50 bits per heavy atom. The van der Waals surface area contributed by atoms with E-state index >= 15 is 0 Å². The molecule has 0 radical (unpaired) electrons. The second kappa shape index (κ2) is 9.03. The minimum absolute atomic E-state index is 0.149. The summed E-state index contributed by atoms with van der Waals surface area (Å²) in [6.45, 7) is 1.41. The number of aliphatic hydroxyl groups is 1. The zero-order valence-corrected chi connectivity index (χ0v) is 16.4. The first kappa shape index (κ1) is 20.8. The van der Waals surface area contributed by atoms with Gasteiger partial charge in [-0.25, -0.2) is 0 Å². The van der Waals surface area contributed by atoms with E-state index in [-0.39, 0.29) is 17.8 Å². The number of amides is 2. The number of carbonyl (C=O) groups excluding carboxylic acids is 2. The van der Waals surface area contributed by atoms with Gasteiger partial charge in [0, 0.05) is 0 Å². The van der Waals surface area contributed by atoms with Crippen LogP contribution < -0.4 is 10.6 Å². The van der Waals surface area contributed by atoms with E-state index in [9.17, 15) is 14.7 Å². The quantitative estimate of drug-likeness (QED) is 0.574. The Balaban J connectivity index is 1.62. The molecule has 0 saturated carbocycles. The monoisotopic (exact) mass is 399 g/mol. The van der Waals surface area contributed by atoms with Crippen molar-refractivity contribution in [2.75, 3.05) is 11.9 Å². The van der Waals surface area contributed by atoms with Crippen LogP contribution in [0.2, 0.25) is 0 Å². The Morgan fingerprint density at radius 3 is 2.17 bits per heavy atom. The Morgan fingerprint density at radius 1 is 0.900 bits per heavy atom. The summed E-state index contributed by atoms with van der Waals surface area (Å²) in [6, 6.07) is 25.5. The standard InChI is InChI=1S/C24H21N3O3/c1-24(30,20-13-11-18(12-14-20)17-7-3-2-4-8-17)16-26-22(28)23(29)27-21-10-6-5-9-19(21)15-25/h2-14,30H,16H2,1H3,(H,26,28)(H,27,29)/t24-/m1/s1. The molecule has 3 N–H and O–H groups in total. The maximum Gasteiger partial charge on any atom is 0.313 e. The van der Waals surface area contributed by atoms with Crippen LogP contribution in [0.3, 0.4) is 0 Å². The molecule has 0 heterocycles. The molecule has 0 fully saturated rings. The molecule has 0 spiro atoms. The van der Waals surface area contributed by atoms with Crippen molar-refractivity contribution >= 4 is 17.5 Å². The van der Waals surface area contributed by atoms with E-state index < -0.39 is 17.4 Å². The molecule has 0 bridgehead atoms. The summed E-state index contributed by atoms with van der Waals surface area (Å²) in [7, 11) is 0. The average molecular weight is 399 g/mol. The highest BCUT2D eigenvalue weighted by atomic mass is 16.3. The third-order valence-electron chi connectivity index (χ3n) is 4.71. The number of nitrogens with zero attached hydrogens (tertiary/aromatic N) is 1. The molecule has 6 heteroatoms. The second-order valence-electron chi connectivity index (χ2n) is 7.01. The molecule has 0 aliphatic carbocycles. The molecule has 0 aliphatic rings. The van der Waals surface area contributed by atoms with Crippen LogP contribution in [0.4, 0.5) is 5.69 Å². The highest BCUT2D eigenvalue weighted by Crippen LogP contribution is 2.24. The molecule has 0 saturated heterocycles. The first-order chi connectivity index (χ1) is 14.4. The topological polar surface area (TPSA) is 102 Å². The summed E-state index contributed by atoms with van der Waals surface area (Å²) in [5.41, 5.74) is 1.82. The van der Waals surface area contributed by atoms with Crippen molar-refractivity contribution < 1.29 is 14.7 Å². The van der Waals surface area contributed by atoms with Crippen LogP contribution in [0.15, 0.2) is 78.9 Å². The minimum atomic E-state index is -1.37. The zero-order chi connectivity index (χ0) is 21.6. The van der Waals surface area contributed by atoms with Crippen LogP contribution in [0, 0.1) is 11.3 Å². The maximum atomic E-state index is 12.1. The van der Waals surface area contributed by atoms with Gasteiger partial charge in [-0.05, 0) is 35.7 Å². The molecular formula is C24H21N3O3. The van der Waals surface area contributed by atoms with Crippen molar-refractivity contribution in [3.63, 3.8) is 0 Å². The second-order valence-corrected chi connectivity index (χ2v) is 7.01. The van der Waals surface area contributed by atoms with E-state index in [2.05, 4.69) is 10.6 Å². The first-order valence-electron chi connectivity index (χ1n) is 9.37. The van der Waals surface area contributed by atoms with Gasteiger partial charge in [-0.3, -0.25) is 9.59 Å². The molecule has 3 aromatic carbocycles. The smallest absolute Gasteiger partial charge is 0.313 e. The fraction of sp³-hybridized carbons (Fsp3) is 0.125. The fourth-order valence-corrected chi connectivity index (χ4v) is 2.96. The largest absolute Gasteiger partial charge is 0.384 e. The molecule has 1 atom stereocenters. The van der Waals surface area contributed by atoms with Gasteiger partial charge in [0.05, 0.1) is 17.8 Å². The van der Waals surface area contributed by atoms with Gasteiger partial charge < -0.3 is 15.7 Å². The Bertz CT molecular complexity index is 1080. The van der Waals surface area contributed by atoms with E-state index in [4.69, 9.17) is 5.26 Å². The van der Waals surface area contributed by atoms with Gasteiger partial charge >= 0.3 is 11.8 Å². The molecule has 3 rings (SSSR count). The number of para-hydroxylation sites is 1. The molecule has 0 unspecified atom stereocenters. The van der Waals surface area contributed by atoms with Gasteiger partial charge in [-0.1, -0.05) is 66.7 Å². The average Bonchev–Trinajstić information content (AvgIpc) is 2.78.